The van der Waals surface area contributed by atoms with Crippen LogP contribution in [0.15, 0.2) is 18.2 Å². The Hall–Kier alpha value is -1.49. The number of halogens is 2. The van der Waals surface area contributed by atoms with Crippen molar-refractivity contribution in [1.29, 1.82) is 0 Å². The van der Waals surface area contributed by atoms with E-state index in [2.05, 4.69) is 4.98 Å². The Labute approximate surface area is 102 Å². The lowest BCUT2D eigenvalue weighted by Gasteiger charge is -1.99. The molecule has 2 N–H and O–H groups in total. The lowest BCUT2D eigenvalue weighted by molar-refractivity contribution is 0.584. The first kappa shape index (κ1) is 12.0. The fourth-order valence-electron chi connectivity index (χ4n) is 1.60. The molecule has 0 aliphatic rings. The first-order valence-corrected chi connectivity index (χ1v) is 6.13. The Morgan fingerprint density at radius 3 is 2.47 bits per heavy atom. The second-order valence-electron chi connectivity index (χ2n) is 3.73. The molecule has 0 saturated heterocycles. The van der Waals surface area contributed by atoms with E-state index in [1.54, 1.807) is 0 Å². The molecule has 2 aromatic rings. The van der Waals surface area contributed by atoms with Crippen molar-refractivity contribution < 1.29 is 8.78 Å². The van der Waals surface area contributed by atoms with Crippen LogP contribution in [0.2, 0.25) is 0 Å². The summed E-state index contributed by atoms with van der Waals surface area (Å²) in [5.41, 5.74) is 6.67. The van der Waals surface area contributed by atoms with E-state index in [1.807, 2.05) is 6.92 Å². The zero-order chi connectivity index (χ0) is 12.4. The molecular weight excluding hydrogens is 242 g/mol. The van der Waals surface area contributed by atoms with E-state index in [0.717, 1.165) is 23.9 Å². The zero-order valence-corrected chi connectivity index (χ0v) is 10.2. The smallest absolute Gasteiger partial charge is 0.126 e. The standard InChI is InChI=1S/C12H12F2N2S/c1-2-3-10-16-11(12(15)17-10)7-4-8(13)6-9(14)5-7/h4-6H,2-3,15H2,1H3. The van der Waals surface area contributed by atoms with Crippen LogP contribution in [0, 0.1) is 11.6 Å². The highest BCUT2D eigenvalue weighted by atomic mass is 32.1. The molecule has 0 bridgehead atoms. The summed E-state index contributed by atoms with van der Waals surface area (Å²) in [7, 11) is 0. The van der Waals surface area contributed by atoms with Crippen molar-refractivity contribution >= 4 is 16.3 Å². The Kier molecular flexibility index (Phi) is 3.38. The van der Waals surface area contributed by atoms with Crippen LogP contribution >= 0.6 is 11.3 Å². The summed E-state index contributed by atoms with van der Waals surface area (Å²) in [6, 6.07) is 3.31. The van der Waals surface area contributed by atoms with Gasteiger partial charge < -0.3 is 5.73 Å². The summed E-state index contributed by atoms with van der Waals surface area (Å²) in [5, 5.41) is 1.39. The molecule has 5 heteroatoms. The maximum absolute atomic E-state index is 13.1. The van der Waals surface area contributed by atoms with Gasteiger partial charge in [-0.25, -0.2) is 13.8 Å². The van der Waals surface area contributed by atoms with Crippen LogP contribution in [-0.4, -0.2) is 4.98 Å². The molecule has 90 valence electrons. The van der Waals surface area contributed by atoms with Gasteiger partial charge in [-0.1, -0.05) is 6.92 Å². The van der Waals surface area contributed by atoms with E-state index in [4.69, 9.17) is 5.73 Å². The molecule has 2 rings (SSSR count). The molecule has 2 nitrogen and oxygen atoms in total. The van der Waals surface area contributed by atoms with E-state index in [0.29, 0.717) is 16.3 Å². The van der Waals surface area contributed by atoms with Crippen molar-refractivity contribution in [3.8, 4) is 11.3 Å². The monoisotopic (exact) mass is 254 g/mol. The predicted octanol–water partition coefficient (Wildman–Crippen LogP) is 3.62. The van der Waals surface area contributed by atoms with Crippen LogP contribution in [0.1, 0.15) is 18.4 Å². The number of hydrogen-bond acceptors (Lipinski definition) is 3. The Morgan fingerprint density at radius 2 is 1.88 bits per heavy atom. The van der Waals surface area contributed by atoms with E-state index in [-0.39, 0.29) is 0 Å². The number of rotatable bonds is 3. The molecule has 17 heavy (non-hydrogen) atoms. The molecule has 0 aliphatic heterocycles. The largest absolute Gasteiger partial charge is 0.389 e. The molecule has 0 unspecified atom stereocenters. The van der Waals surface area contributed by atoms with Crippen molar-refractivity contribution in [2.45, 2.75) is 19.8 Å². The Morgan fingerprint density at radius 1 is 1.24 bits per heavy atom. The number of nitrogen functional groups attached to an aromatic ring is 1. The third-order valence-electron chi connectivity index (χ3n) is 2.30. The van der Waals surface area contributed by atoms with E-state index < -0.39 is 11.6 Å². The molecule has 0 saturated carbocycles. The van der Waals surface area contributed by atoms with Crippen LogP contribution in [0.4, 0.5) is 13.8 Å². The summed E-state index contributed by atoms with van der Waals surface area (Å²) in [6.45, 7) is 2.04. The molecule has 1 heterocycles. The molecule has 0 amide bonds. The van der Waals surface area contributed by atoms with Gasteiger partial charge >= 0.3 is 0 Å². The highest BCUT2D eigenvalue weighted by molar-refractivity contribution is 7.16. The van der Waals surface area contributed by atoms with E-state index >= 15 is 0 Å². The van der Waals surface area contributed by atoms with Crippen LogP contribution < -0.4 is 5.73 Å². The summed E-state index contributed by atoms with van der Waals surface area (Å²) in [5.74, 6) is -1.24. The fourth-order valence-corrected chi connectivity index (χ4v) is 2.55. The number of thiazole rings is 1. The first-order valence-electron chi connectivity index (χ1n) is 5.31. The van der Waals surface area contributed by atoms with Crippen molar-refractivity contribution in [1.82, 2.24) is 4.98 Å². The van der Waals surface area contributed by atoms with Gasteiger partial charge in [0.2, 0.25) is 0 Å². The van der Waals surface area contributed by atoms with Crippen LogP contribution in [-0.2, 0) is 6.42 Å². The SMILES string of the molecule is CCCc1nc(-c2cc(F)cc(F)c2)c(N)s1. The van der Waals surface area contributed by atoms with Gasteiger partial charge in [0, 0.05) is 11.6 Å². The van der Waals surface area contributed by atoms with Gasteiger partial charge in [0.05, 0.1) is 5.01 Å². The number of aromatic nitrogens is 1. The molecule has 1 aromatic heterocycles. The summed E-state index contributed by atoms with van der Waals surface area (Å²) in [6.07, 6.45) is 1.79. The minimum absolute atomic E-state index is 0.388. The number of nitrogens with two attached hydrogens (primary N) is 1. The normalized spacial score (nSPS) is 10.8. The minimum Gasteiger partial charge on any atom is -0.389 e. The fraction of sp³-hybridized carbons (Fsp3) is 0.250. The number of hydrogen-bond donors (Lipinski definition) is 1. The maximum atomic E-state index is 13.1. The lowest BCUT2D eigenvalue weighted by atomic mass is 10.1. The van der Waals surface area contributed by atoms with Gasteiger partial charge in [0.25, 0.3) is 0 Å². The molecule has 0 atom stereocenters. The second-order valence-corrected chi connectivity index (χ2v) is 4.84. The van der Waals surface area contributed by atoms with Gasteiger partial charge in [-0.15, -0.1) is 11.3 Å². The summed E-state index contributed by atoms with van der Waals surface area (Å²) < 4.78 is 26.2. The van der Waals surface area contributed by atoms with Gasteiger partial charge in [-0.05, 0) is 25.0 Å². The predicted molar refractivity (Wildman–Crippen MR) is 65.9 cm³/mol. The second kappa shape index (κ2) is 4.79. The Bertz CT molecular complexity index is 517. The van der Waals surface area contributed by atoms with Crippen molar-refractivity contribution in [2.24, 2.45) is 0 Å². The number of aryl methyl sites for hydroxylation is 1. The van der Waals surface area contributed by atoms with Gasteiger partial charge in [0.15, 0.2) is 0 Å². The summed E-state index contributed by atoms with van der Waals surface area (Å²) in [4.78, 5) is 4.31. The van der Waals surface area contributed by atoms with Crippen LogP contribution in [0.3, 0.4) is 0 Å². The molecule has 1 aromatic carbocycles. The quantitative estimate of drug-likeness (QED) is 0.908. The maximum Gasteiger partial charge on any atom is 0.126 e. The van der Waals surface area contributed by atoms with Crippen molar-refractivity contribution in [3.63, 3.8) is 0 Å². The van der Waals surface area contributed by atoms with Crippen LogP contribution in [0.25, 0.3) is 11.3 Å². The van der Waals surface area contributed by atoms with Crippen molar-refractivity contribution in [2.75, 3.05) is 5.73 Å². The number of benzene rings is 1. The number of nitrogens with zero attached hydrogens (tertiary/aromatic N) is 1. The van der Waals surface area contributed by atoms with Crippen LogP contribution in [0.5, 0.6) is 0 Å². The highest BCUT2D eigenvalue weighted by Crippen LogP contribution is 2.31. The third-order valence-corrected chi connectivity index (χ3v) is 3.24. The van der Waals surface area contributed by atoms with Gasteiger partial charge in [-0.2, -0.15) is 0 Å². The van der Waals surface area contributed by atoms with Gasteiger partial charge in [0.1, 0.15) is 22.3 Å². The first-order chi connectivity index (χ1) is 8.10. The Balaban J connectivity index is 2.44. The lowest BCUT2D eigenvalue weighted by Crippen LogP contribution is -1.89. The molecule has 0 radical (unpaired) electrons. The minimum atomic E-state index is -0.621. The third kappa shape index (κ3) is 2.61. The molecular formula is C12H12F2N2S. The highest BCUT2D eigenvalue weighted by Gasteiger charge is 2.12. The molecule has 0 fully saturated rings. The molecule has 0 spiro atoms. The van der Waals surface area contributed by atoms with Gasteiger partial charge in [-0.3, -0.25) is 0 Å². The number of anilines is 1. The van der Waals surface area contributed by atoms with E-state index in [9.17, 15) is 8.78 Å². The molecule has 0 aliphatic carbocycles. The summed E-state index contributed by atoms with van der Waals surface area (Å²) >= 11 is 1.37. The average Bonchev–Trinajstić information content (AvgIpc) is 2.58. The van der Waals surface area contributed by atoms with E-state index in [1.165, 1.54) is 23.5 Å². The zero-order valence-electron chi connectivity index (χ0n) is 9.34. The average molecular weight is 254 g/mol. The van der Waals surface area contributed by atoms with Crippen molar-refractivity contribution in [3.05, 3.63) is 34.8 Å². The topological polar surface area (TPSA) is 38.9 Å².